The molecule has 1 aromatic rings. The van der Waals surface area contributed by atoms with Crippen LogP contribution in [0.2, 0.25) is 0 Å². The SMILES string of the molecule is CCOCCOC(=O)C1=C(C)NC2=C(C(=O)CC(C)(C)C2)C1c1cc(OC)c(OC)c(OC)c1. The highest BCUT2D eigenvalue weighted by molar-refractivity contribution is 6.04. The van der Waals surface area contributed by atoms with Crippen LogP contribution >= 0.6 is 0 Å². The molecule has 1 atom stereocenters. The first-order valence-corrected chi connectivity index (χ1v) is 11.5. The Morgan fingerprint density at radius 1 is 1.06 bits per heavy atom. The highest BCUT2D eigenvalue weighted by Gasteiger charge is 2.43. The van der Waals surface area contributed by atoms with Gasteiger partial charge >= 0.3 is 5.97 Å². The van der Waals surface area contributed by atoms with Crippen molar-refractivity contribution in [2.24, 2.45) is 5.41 Å². The van der Waals surface area contributed by atoms with Crippen LogP contribution in [0.25, 0.3) is 0 Å². The summed E-state index contributed by atoms with van der Waals surface area (Å²) in [5.74, 6) is 0.214. The summed E-state index contributed by atoms with van der Waals surface area (Å²) in [7, 11) is 4.60. The van der Waals surface area contributed by atoms with Gasteiger partial charge in [0.25, 0.3) is 0 Å². The molecule has 34 heavy (non-hydrogen) atoms. The molecule has 0 radical (unpaired) electrons. The summed E-state index contributed by atoms with van der Waals surface area (Å²) in [6.45, 7) is 8.82. The first kappa shape index (κ1) is 25.6. The molecule has 0 fully saturated rings. The number of methoxy groups -OCH3 is 3. The Labute approximate surface area is 201 Å². The van der Waals surface area contributed by atoms with Crippen molar-refractivity contribution in [3.8, 4) is 17.2 Å². The van der Waals surface area contributed by atoms with E-state index in [1.165, 1.54) is 21.3 Å². The molecule has 0 bridgehead atoms. The van der Waals surface area contributed by atoms with Crippen molar-refractivity contribution < 1.29 is 33.3 Å². The van der Waals surface area contributed by atoms with E-state index in [0.717, 1.165) is 5.70 Å². The van der Waals surface area contributed by atoms with E-state index in [-0.39, 0.29) is 17.8 Å². The molecule has 8 nitrogen and oxygen atoms in total. The molecule has 1 aliphatic carbocycles. The average Bonchev–Trinajstić information content (AvgIpc) is 2.78. The Kier molecular flexibility index (Phi) is 7.92. The summed E-state index contributed by atoms with van der Waals surface area (Å²) in [5.41, 5.74) is 2.97. The van der Waals surface area contributed by atoms with Crippen molar-refractivity contribution >= 4 is 11.8 Å². The zero-order valence-corrected chi connectivity index (χ0v) is 21.1. The van der Waals surface area contributed by atoms with Gasteiger partial charge in [0.05, 0.1) is 33.5 Å². The lowest BCUT2D eigenvalue weighted by molar-refractivity contribution is -0.140. The van der Waals surface area contributed by atoms with Gasteiger partial charge in [-0.3, -0.25) is 4.79 Å². The number of carbonyl (C=O) groups excluding carboxylic acids is 2. The van der Waals surface area contributed by atoms with E-state index in [0.29, 0.717) is 65.7 Å². The van der Waals surface area contributed by atoms with E-state index in [4.69, 9.17) is 23.7 Å². The fourth-order valence-electron chi connectivity index (χ4n) is 4.72. The minimum Gasteiger partial charge on any atom is -0.493 e. The number of allylic oxidation sites excluding steroid dienone is 3. The van der Waals surface area contributed by atoms with Crippen molar-refractivity contribution in [2.45, 2.75) is 46.5 Å². The largest absolute Gasteiger partial charge is 0.493 e. The lowest BCUT2D eigenvalue weighted by Gasteiger charge is -2.39. The van der Waals surface area contributed by atoms with Crippen LogP contribution in [0, 0.1) is 5.41 Å². The van der Waals surface area contributed by atoms with Gasteiger partial charge in [0, 0.05) is 35.9 Å². The number of ether oxygens (including phenoxy) is 5. The minimum atomic E-state index is -0.631. The van der Waals surface area contributed by atoms with Crippen molar-refractivity contribution in [3.63, 3.8) is 0 Å². The van der Waals surface area contributed by atoms with Gasteiger partial charge in [-0.25, -0.2) is 4.79 Å². The molecular formula is C26H35NO7. The Morgan fingerprint density at radius 3 is 2.26 bits per heavy atom. The number of dihydropyridines is 1. The number of nitrogens with one attached hydrogen (secondary N) is 1. The summed E-state index contributed by atoms with van der Waals surface area (Å²) in [4.78, 5) is 26.8. The highest BCUT2D eigenvalue weighted by atomic mass is 16.6. The first-order valence-electron chi connectivity index (χ1n) is 11.5. The quantitative estimate of drug-likeness (QED) is 0.427. The fourth-order valence-corrected chi connectivity index (χ4v) is 4.72. The maximum absolute atomic E-state index is 13.5. The van der Waals surface area contributed by atoms with Crippen molar-refractivity contribution in [2.75, 3.05) is 41.2 Å². The van der Waals surface area contributed by atoms with E-state index in [2.05, 4.69) is 19.2 Å². The summed E-state index contributed by atoms with van der Waals surface area (Å²) >= 11 is 0. The summed E-state index contributed by atoms with van der Waals surface area (Å²) in [5, 5.41) is 3.34. The van der Waals surface area contributed by atoms with Gasteiger partial charge in [0.1, 0.15) is 6.61 Å². The Balaban J connectivity index is 2.16. The van der Waals surface area contributed by atoms with Gasteiger partial charge in [-0.05, 0) is 43.4 Å². The highest BCUT2D eigenvalue weighted by Crippen LogP contribution is 2.49. The zero-order chi connectivity index (χ0) is 25.0. The molecule has 0 amide bonds. The second kappa shape index (κ2) is 10.5. The molecule has 1 aliphatic heterocycles. The first-order chi connectivity index (χ1) is 16.2. The lowest BCUT2D eigenvalue weighted by Crippen LogP contribution is -2.38. The average molecular weight is 474 g/mol. The molecule has 1 heterocycles. The molecule has 3 rings (SSSR count). The third kappa shape index (κ3) is 5.06. The van der Waals surface area contributed by atoms with Gasteiger partial charge in [-0.1, -0.05) is 13.8 Å². The van der Waals surface area contributed by atoms with Crippen molar-refractivity contribution in [1.82, 2.24) is 5.32 Å². The molecule has 186 valence electrons. The summed E-state index contributed by atoms with van der Waals surface area (Å²) in [6.07, 6.45) is 1.08. The normalized spacial score (nSPS) is 19.4. The van der Waals surface area contributed by atoms with Gasteiger partial charge in [0.2, 0.25) is 5.75 Å². The van der Waals surface area contributed by atoms with E-state index >= 15 is 0 Å². The van der Waals surface area contributed by atoms with Crippen LogP contribution in [0.4, 0.5) is 0 Å². The third-order valence-electron chi connectivity index (χ3n) is 6.14. The standard InChI is InChI=1S/C26H35NO7/c1-8-33-9-10-34-25(29)21-15(2)27-17-13-26(3,4)14-18(28)23(17)22(21)16-11-19(30-5)24(32-7)20(12-16)31-6/h11-12,22,27H,8-10,13-14H2,1-7H3. The number of rotatable bonds is 9. The minimum absolute atomic E-state index is 0.00428. The molecule has 2 aliphatic rings. The summed E-state index contributed by atoms with van der Waals surface area (Å²) < 4.78 is 27.4. The third-order valence-corrected chi connectivity index (χ3v) is 6.14. The second-order valence-electron chi connectivity index (χ2n) is 9.22. The Hall–Kier alpha value is -3.00. The van der Waals surface area contributed by atoms with E-state index in [9.17, 15) is 9.59 Å². The maximum atomic E-state index is 13.5. The van der Waals surface area contributed by atoms with E-state index < -0.39 is 11.9 Å². The fraction of sp³-hybridized carbons (Fsp3) is 0.538. The molecule has 0 aromatic heterocycles. The number of hydrogen-bond donors (Lipinski definition) is 1. The number of ketones is 1. The lowest BCUT2D eigenvalue weighted by atomic mass is 9.68. The molecule has 8 heteroatoms. The molecule has 1 N–H and O–H groups in total. The van der Waals surface area contributed by atoms with E-state index in [1.54, 1.807) is 12.1 Å². The van der Waals surface area contributed by atoms with Crippen LogP contribution in [-0.4, -0.2) is 52.9 Å². The molecule has 0 saturated carbocycles. The maximum Gasteiger partial charge on any atom is 0.336 e. The molecule has 0 spiro atoms. The van der Waals surface area contributed by atoms with Gasteiger partial charge in [-0.2, -0.15) is 0 Å². The van der Waals surface area contributed by atoms with Crippen LogP contribution in [0.5, 0.6) is 17.2 Å². The van der Waals surface area contributed by atoms with Gasteiger partial charge < -0.3 is 29.0 Å². The number of carbonyl (C=O) groups is 2. The molecule has 0 saturated heterocycles. The number of esters is 1. The summed E-state index contributed by atoms with van der Waals surface area (Å²) in [6, 6.07) is 3.57. The Morgan fingerprint density at radius 2 is 1.71 bits per heavy atom. The number of Topliss-reactive ketones (excluding diaryl/α,β-unsaturated/α-hetero) is 1. The van der Waals surface area contributed by atoms with Crippen LogP contribution in [0.3, 0.4) is 0 Å². The second-order valence-corrected chi connectivity index (χ2v) is 9.22. The molecule has 1 aromatic carbocycles. The van der Waals surface area contributed by atoms with Crippen LogP contribution in [0.1, 0.15) is 52.0 Å². The van der Waals surface area contributed by atoms with E-state index in [1.807, 2.05) is 13.8 Å². The predicted octanol–water partition coefficient (Wildman–Crippen LogP) is 3.90. The van der Waals surface area contributed by atoms with Gasteiger partial charge in [0.15, 0.2) is 17.3 Å². The van der Waals surface area contributed by atoms with Crippen molar-refractivity contribution in [1.29, 1.82) is 0 Å². The smallest absolute Gasteiger partial charge is 0.336 e. The van der Waals surface area contributed by atoms with Crippen molar-refractivity contribution in [3.05, 3.63) is 40.2 Å². The molecular weight excluding hydrogens is 438 g/mol. The van der Waals surface area contributed by atoms with Crippen LogP contribution in [0.15, 0.2) is 34.7 Å². The van der Waals surface area contributed by atoms with Crippen LogP contribution in [-0.2, 0) is 19.1 Å². The van der Waals surface area contributed by atoms with Crippen LogP contribution < -0.4 is 19.5 Å². The van der Waals surface area contributed by atoms with Gasteiger partial charge in [-0.15, -0.1) is 0 Å². The predicted molar refractivity (Wildman–Crippen MR) is 127 cm³/mol. The monoisotopic (exact) mass is 473 g/mol. The Bertz CT molecular complexity index is 997. The number of benzene rings is 1. The molecule has 1 unspecified atom stereocenters. The topological polar surface area (TPSA) is 92.3 Å². The number of hydrogen-bond acceptors (Lipinski definition) is 8. The zero-order valence-electron chi connectivity index (χ0n) is 21.1.